The van der Waals surface area contributed by atoms with Crippen molar-refractivity contribution in [2.24, 2.45) is 0 Å². The largest absolute Gasteiger partial charge is 0.508 e. The van der Waals surface area contributed by atoms with Gasteiger partial charge in [0.15, 0.2) is 0 Å². The summed E-state index contributed by atoms with van der Waals surface area (Å²) in [6, 6.07) is 4.74. The molecule has 3 unspecified atom stereocenters. The van der Waals surface area contributed by atoms with E-state index in [2.05, 4.69) is 0 Å². The van der Waals surface area contributed by atoms with Gasteiger partial charge in [-0.3, -0.25) is 4.79 Å². The lowest BCUT2D eigenvalue weighted by Gasteiger charge is -2.45. The topological polar surface area (TPSA) is 70.0 Å². The fourth-order valence-electron chi connectivity index (χ4n) is 3.06. The van der Waals surface area contributed by atoms with Gasteiger partial charge in [-0.15, -0.1) is 0 Å². The average Bonchev–Trinajstić information content (AvgIpc) is 2.35. The highest BCUT2D eigenvalue weighted by Gasteiger charge is 2.41. The van der Waals surface area contributed by atoms with Gasteiger partial charge >= 0.3 is 0 Å². The van der Waals surface area contributed by atoms with Crippen LogP contribution in [0.25, 0.3) is 0 Å². The van der Waals surface area contributed by atoms with E-state index in [-0.39, 0.29) is 29.9 Å². The Bertz CT molecular complexity index is 516. The maximum atomic E-state index is 11.9. The Hall–Kier alpha value is -1.75. The quantitative estimate of drug-likeness (QED) is 0.742. The van der Waals surface area contributed by atoms with Gasteiger partial charge in [0.2, 0.25) is 5.91 Å². The molecule has 3 atom stereocenters. The molecule has 0 spiro atoms. The molecule has 1 saturated carbocycles. The number of fused-ring (bicyclic) bond motifs is 2. The van der Waals surface area contributed by atoms with Crippen molar-refractivity contribution in [3.8, 4) is 11.5 Å². The van der Waals surface area contributed by atoms with Crippen LogP contribution in [-0.2, 0) is 4.79 Å². The molecule has 0 radical (unpaired) electrons. The van der Waals surface area contributed by atoms with Crippen LogP contribution < -0.4 is 9.64 Å². The van der Waals surface area contributed by atoms with E-state index in [1.54, 1.807) is 17.0 Å². The second-order valence-electron chi connectivity index (χ2n) is 5.23. The zero-order valence-electron chi connectivity index (χ0n) is 10.7. The minimum absolute atomic E-state index is 0.0297. The van der Waals surface area contributed by atoms with E-state index in [1.165, 1.54) is 13.0 Å². The fourth-order valence-corrected chi connectivity index (χ4v) is 3.06. The van der Waals surface area contributed by atoms with E-state index in [9.17, 15) is 15.0 Å². The standard InChI is InChI=1S/C14H17NO4/c1-8(16)15-11-4-2-9(17)6-13(11)19-14-7-10(18)3-5-12(14)15/h2,4,6,10,12,14,17-18H,3,5,7H2,1H3. The van der Waals surface area contributed by atoms with Crippen molar-refractivity contribution in [2.75, 3.05) is 4.90 Å². The van der Waals surface area contributed by atoms with Gasteiger partial charge in [-0.1, -0.05) is 0 Å². The predicted octanol–water partition coefficient (Wildman–Crippen LogP) is 1.42. The summed E-state index contributed by atoms with van der Waals surface area (Å²) in [5, 5.41) is 19.3. The molecule has 0 saturated heterocycles. The summed E-state index contributed by atoms with van der Waals surface area (Å²) in [7, 11) is 0. The molecule has 5 nitrogen and oxygen atoms in total. The highest BCUT2D eigenvalue weighted by atomic mass is 16.5. The van der Waals surface area contributed by atoms with Gasteiger partial charge in [0.1, 0.15) is 17.6 Å². The molecular weight excluding hydrogens is 246 g/mol. The lowest BCUT2D eigenvalue weighted by Crippen LogP contribution is -2.55. The third-order valence-corrected chi connectivity index (χ3v) is 3.88. The molecule has 5 heteroatoms. The van der Waals surface area contributed by atoms with Gasteiger partial charge in [0, 0.05) is 19.4 Å². The van der Waals surface area contributed by atoms with Crippen LogP contribution in [0, 0.1) is 0 Å². The van der Waals surface area contributed by atoms with Crippen LogP contribution >= 0.6 is 0 Å². The van der Waals surface area contributed by atoms with E-state index in [0.717, 1.165) is 6.42 Å². The SMILES string of the molecule is CC(=O)N1c2ccc(O)cc2OC2CC(O)CCC21. The lowest BCUT2D eigenvalue weighted by molar-refractivity contribution is -0.118. The zero-order chi connectivity index (χ0) is 13.6. The molecule has 0 bridgehead atoms. The predicted molar refractivity (Wildman–Crippen MR) is 69.3 cm³/mol. The molecule has 1 fully saturated rings. The number of aromatic hydroxyl groups is 1. The lowest BCUT2D eigenvalue weighted by atomic mass is 9.87. The van der Waals surface area contributed by atoms with Crippen LogP contribution in [0.2, 0.25) is 0 Å². The molecule has 0 aromatic heterocycles. The number of aliphatic hydroxyl groups is 1. The first kappa shape index (κ1) is 12.3. The number of anilines is 1. The van der Waals surface area contributed by atoms with Crippen LogP contribution in [0.5, 0.6) is 11.5 Å². The van der Waals surface area contributed by atoms with Crippen LogP contribution in [0.3, 0.4) is 0 Å². The Morgan fingerprint density at radius 3 is 2.95 bits per heavy atom. The molecule has 1 heterocycles. The minimum Gasteiger partial charge on any atom is -0.508 e. The number of benzene rings is 1. The number of aliphatic hydroxyl groups excluding tert-OH is 1. The Balaban J connectivity index is 2.04. The molecule has 1 aliphatic heterocycles. The smallest absolute Gasteiger partial charge is 0.224 e. The molecule has 1 aromatic rings. The van der Waals surface area contributed by atoms with Gasteiger partial charge in [-0.25, -0.2) is 0 Å². The van der Waals surface area contributed by atoms with Gasteiger partial charge in [0.05, 0.1) is 17.8 Å². The Morgan fingerprint density at radius 1 is 1.42 bits per heavy atom. The van der Waals surface area contributed by atoms with E-state index < -0.39 is 0 Å². The summed E-state index contributed by atoms with van der Waals surface area (Å²) < 4.78 is 5.85. The highest BCUT2D eigenvalue weighted by molar-refractivity contribution is 5.94. The Labute approximate surface area is 111 Å². The third-order valence-electron chi connectivity index (χ3n) is 3.88. The van der Waals surface area contributed by atoms with Gasteiger partial charge < -0.3 is 19.8 Å². The Kier molecular flexibility index (Phi) is 2.86. The number of carbonyl (C=O) groups is 1. The van der Waals surface area contributed by atoms with E-state index in [0.29, 0.717) is 24.3 Å². The normalized spacial score (nSPS) is 29.2. The van der Waals surface area contributed by atoms with E-state index >= 15 is 0 Å². The third kappa shape index (κ3) is 2.04. The number of hydrogen-bond acceptors (Lipinski definition) is 4. The molecule has 1 amide bonds. The number of phenols is 1. The molecular formula is C14H17NO4. The Morgan fingerprint density at radius 2 is 2.21 bits per heavy atom. The molecule has 1 aromatic carbocycles. The van der Waals surface area contributed by atoms with Crippen molar-refractivity contribution < 1.29 is 19.7 Å². The van der Waals surface area contributed by atoms with Crippen LogP contribution in [0.4, 0.5) is 5.69 Å². The molecule has 2 aliphatic rings. The summed E-state index contributed by atoms with van der Waals surface area (Å²) in [6.07, 6.45) is 1.34. The zero-order valence-corrected chi connectivity index (χ0v) is 10.7. The number of nitrogens with zero attached hydrogens (tertiary/aromatic N) is 1. The molecule has 1 aliphatic carbocycles. The molecule has 2 N–H and O–H groups in total. The number of hydrogen-bond donors (Lipinski definition) is 2. The maximum absolute atomic E-state index is 11.9. The molecule has 102 valence electrons. The monoisotopic (exact) mass is 263 g/mol. The van der Waals surface area contributed by atoms with Crippen molar-refractivity contribution in [2.45, 2.75) is 44.4 Å². The minimum atomic E-state index is -0.381. The summed E-state index contributed by atoms with van der Waals surface area (Å²) >= 11 is 0. The average molecular weight is 263 g/mol. The first-order valence-electron chi connectivity index (χ1n) is 6.54. The second-order valence-corrected chi connectivity index (χ2v) is 5.23. The maximum Gasteiger partial charge on any atom is 0.224 e. The van der Waals surface area contributed by atoms with Gasteiger partial charge in [0.25, 0.3) is 0 Å². The van der Waals surface area contributed by atoms with Crippen molar-refractivity contribution in [3.63, 3.8) is 0 Å². The number of phenolic OH excluding ortho intramolecular Hbond substituents is 1. The van der Waals surface area contributed by atoms with Gasteiger partial charge in [-0.05, 0) is 25.0 Å². The van der Waals surface area contributed by atoms with Crippen molar-refractivity contribution >= 4 is 11.6 Å². The molecule has 19 heavy (non-hydrogen) atoms. The van der Waals surface area contributed by atoms with E-state index in [4.69, 9.17) is 4.74 Å². The fraction of sp³-hybridized carbons (Fsp3) is 0.500. The summed E-state index contributed by atoms with van der Waals surface area (Å²) in [4.78, 5) is 13.7. The second kappa shape index (κ2) is 4.42. The number of carbonyl (C=O) groups excluding carboxylic acids is 1. The summed E-state index contributed by atoms with van der Waals surface area (Å²) in [5.74, 6) is 0.573. The summed E-state index contributed by atoms with van der Waals surface area (Å²) in [5.41, 5.74) is 0.697. The van der Waals surface area contributed by atoms with Gasteiger partial charge in [-0.2, -0.15) is 0 Å². The van der Waals surface area contributed by atoms with Crippen molar-refractivity contribution in [1.29, 1.82) is 0 Å². The van der Waals surface area contributed by atoms with Crippen LogP contribution in [0.1, 0.15) is 26.2 Å². The van der Waals surface area contributed by atoms with Crippen molar-refractivity contribution in [1.82, 2.24) is 0 Å². The number of amides is 1. The summed E-state index contributed by atoms with van der Waals surface area (Å²) in [6.45, 7) is 1.53. The highest BCUT2D eigenvalue weighted by Crippen LogP contribution is 2.42. The first-order chi connectivity index (χ1) is 9.06. The number of ether oxygens (including phenoxy) is 1. The van der Waals surface area contributed by atoms with Crippen LogP contribution in [-0.4, -0.2) is 34.4 Å². The first-order valence-corrected chi connectivity index (χ1v) is 6.54. The number of rotatable bonds is 0. The van der Waals surface area contributed by atoms with E-state index in [1.807, 2.05) is 0 Å². The van der Waals surface area contributed by atoms with Crippen molar-refractivity contribution in [3.05, 3.63) is 18.2 Å². The molecule has 3 rings (SSSR count). The van der Waals surface area contributed by atoms with Crippen LogP contribution in [0.15, 0.2) is 18.2 Å².